The minimum absolute atomic E-state index is 0.916. The van der Waals surface area contributed by atoms with Crippen molar-refractivity contribution < 1.29 is 0 Å². The zero-order valence-electron chi connectivity index (χ0n) is 6.99. The van der Waals surface area contributed by atoms with E-state index in [0.717, 1.165) is 12.6 Å². The largest absolute Gasteiger partial charge is 0.220 e. The van der Waals surface area contributed by atoms with Crippen molar-refractivity contribution >= 4 is 88.1 Å². The average Bonchev–Trinajstić information content (AvgIpc) is 2.12. The van der Waals surface area contributed by atoms with Crippen LogP contribution in [0.15, 0.2) is 4.52 Å². The van der Waals surface area contributed by atoms with Crippen LogP contribution in [0.3, 0.4) is 0 Å². The third-order valence-corrected chi connectivity index (χ3v) is 19.7. The maximum atomic E-state index is 6.12. The smallest absolute Gasteiger partial charge is 0.209 e. The van der Waals surface area contributed by atoms with Crippen molar-refractivity contribution in [1.29, 1.82) is 0 Å². The monoisotopic (exact) mass is 445 g/mol. The highest BCUT2D eigenvalue weighted by Crippen LogP contribution is 2.85. The zero-order chi connectivity index (χ0) is 10.9. The Morgan fingerprint density at radius 2 is 2.00 bits per heavy atom. The highest BCUT2D eigenvalue weighted by atomic mass is 127. The van der Waals surface area contributed by atoms with E-state index in [4.69, 9.17) is 46.0 Å². The van der Waals surface area contributed by atoms with Crippen molar-refractivity contribution in [3.05, 3.63) is 0 Å². The van der Waals surface area contributed by atoms with E-state index < -0.39 is 20.0 Å². The summed E-state index contributed by atoms with van der Waals surface area (Å²) in [5.41, 5.74) is 0. The van der Waals surface area contributed by atoms with Crippen molar-refractivity contribution in [3.63, 3.8) is 0 Å². The van der Waals surface area contributed by atoms with Gasteiger partial charge in [-0.15, -0.1) is 7.92 Å². The van der Waals surface area contributed by atoms with Crippen LogP contribution in [0.5, 0.6) is 0 Å². The molecule has 0 N–H and O–H groups in total. The molecule has 14 heavy (non-hydrogen) atoms. The van der Waals surface area contributed by atoms with E-state index in [0.29, 0.717) is 0 Å². The van der Waals surface area contributed by atoms with Crippen LogP contribution in [0, 0.1) is 0 Å². The van der Waals surface area contributed by atoms with E-state index in [1.54, 1.807) is 3.96 Å². The first kappa shape index (κ1) is 15.0. The van der Waals surface area contributed by atoms with Gasteiger partial charge in [0.05, 0.1) is 0 Å². The van der Waals surface area contributed by atoms with E-state index in [2.05, 4.69) is 33.5 Å². The summed E-state index contributed by atoms with van der Waals surface area (Å²) >= 11 is 26.3. The van der Waals surface area contributed by atoms with Gasteiger partial charge < -0.3 is 0 Å². The molecule has 0 spiro atoms. The van der Waals surface area contributed by atoms with Crippen LogP contribution in [0.2, 0.25) is 0 Å². The summed E-state index contributed by atoms with van der Waals surface area (Å²) in [5, 5.41) is 0. The molecule has 0 aromatic carbocycles. The molecule has 11 heteroatoms. The van der Waals surface area contributed by atoms with Crippen LogP contribution in [0.4, 0.5) is 0 Å². The SMILES string of the molecule is CCCP1(I)=NP(Cl)N(Cl)P(Cl)N1Cl. The van der Waals surface area contributed by atoms with Crippen LogP contribution in [-0.2, 0) is 0 Å². The van der Waals surface area contributed by atoms with Crippen LogP contribution in [-0.4, -0.2) is 14.1 Å². The molecule has 3 nitrogen and oxygen atoms in total. The molecule has 3 atom stereocenters. The lowest BCUT2D eigenvalue weighted by Crippen LogP contribution is -2.09. The van der Waals surface area contributed by atoms with Gasteiger partial charge in [0.1, 0.15) is 4.85 Å². The maximum Gasteiger partial charge on any atom is 0.209 e. The fraction of sp³-hybridized carbons (Fsp3) is 1.00. The Labute approximate surface area is 119 Å². The van der Waals surface area contributed by atoms with Crippen molar-refractivity contribution in [3.8, 4) is 0 Å². The summed E-state index contributed by atoms with van der Waals surface area (Å²) in [6, 6.07) is 0. The van der Waals surface area contributed by atoms with E-state index >= 15 is 0 Å². The Morgan fingerprint density at radius 1 is 1.43 bits per heavy atom. The number of hydrogen-bond donors (Lipinski definition) is 0. The summed E-state index contributed by atoms with van der Waals surface area (Å²) in [7, 11) is -2.45. The fourth-order valence-electron chi connectivity index (χ4n) is 0.826. The predicted octanol–water partition coefficient (Wildman–Crippen LogP) is 6.72. The zero-order valence-corrected chi connectivity index (χ0v) is 14.9. The molecule has 1 aliphatic heterocycles. The summed E-state index contributed by atoms with van der Waals surface area (Å²) in [6.07, 6.45) is 1.92. The van der Waals surface area contributed by atoms with Gasteiger partial charge in [0.2, 0.25) is 7.58 Å². The first-order valence-electron chi connectivity index (χ1n) is 3.57. The Hall–Kier alpha value is 2.90. The van der Waals surface area contributed by atoms with Gasteiger partial charge in [-0.05, 0) is 63.3 Å². The molecule has 0 saturated heterocycles. The van der Waals surface area contributed by atoms with Crippen LogP contribution >= 0.6 is 88.1 Å². The number of rotatable bonds is 2. The lowest BCUT2D eigenvalue weighted by molar-refractivity contribution is 1.01. The lowest BCUT2D eigenvalue weighted by atomic mass is 10.6. The molecule has 84 valence electrons. The van der Waals surface area contributed by atoms with E-state index in [-0.39, 0.29) is 0 Å². The van der Waals surface area contributed by atoms with Crippen molar-refractivity contribution in [1.82, 2.24) is 7.92 Å². The highest BCUT2D eigenvalue weighted by Gasteiger charge is 2.41. The van der Waals surface area contributed by atoms with Crippen molar-refractivity contribution in [2.75, 3.05) is 6.16 Å². The summed E-state index contributed by atoms with van der Waals surface area (Å²) < 4.78 is 7.36. The quantitative estimate of drug-likeness (QED) is 0.266. The first-order chi connectivity index (χ1) is 6.42. The Bertz CT molecular complexity index is 267. The molecule has 0 amide bonds. The van der Waals surface area contributed by atoms with Crippen LogP contribution in [0.1, 0.15) is 13.3 Å². The minimum atomic E-state index is -1.74. The highest BCUT2D eigenvalue weighted by molar-refractivity contribution is 14.2. The number of halogens is 5. The summed E-state index contributed by atoms with van der Waals surface area (Å²) in [4.78, 5) is -1.74. The van der Waals surface area contributed by atoms with Gasteiger partial charge in [-0.1, -0.05) is 18.2 Å². The molecule has 0 aliphatic carbocycles. The number of hydrogen-bond acceptors (Lipinski definition) is 3. The Kier molecular flexibility index (Phi) is 6.60. The molecule has 0 bridgehead atoms. The van der Waals surface area contributed by atoms with Crippen LogP contribution in [0.25, 0.3) is 0 Å². The standard InChI is InChI=1S/C3H7Cl4IN3P3/c1-2-3-14(8)9-12(6)10(4)13(7)11(14)5/h2-3H2,1H3. The van der Waals surface area contributed by atoms with Gasteiger partial charge in [-0.3, -0.25) is 0 Å². The van der Waals surface area contributed by atoms with Crippen molar-refractivity contribution in [2.45, 2.75) is 13.3 Å². The van der Waals surface area contributed by atoms with Crippen LogP contribution < -0.4 is 0 Å². The Balaban J connectivity index is 2.99. The molecule has 0 radical (unpaired) electrons. The van der Waals surface area contributed by atoms with Crippen molar-refractivity contribution in [2.24, 2.45) is 4.52 Å². The third-order valence-electron chi connectivity index (χ3n) is 1.38. The first-order valence-corrected chi connectivity index (χ1v) is 13.2. The van der Waals surface area contributed by atoms with Gasteiger partial charge in [0.25, 0.3) is 0 Å². The number of nitrogens with zero attached hydrogens (tertiary/aromatic N) is 3. The second-order valence-electron chi connectivity index (χ2n) is 2.42. The predicted molar refractivity (Wildman–Crippen MR) is 79.5 cm³/mol. The molecule has 1 aliphatic rings. The second-order valence-corrected chi connectivity index (χ2v) is 16.1. The molecule has 0 fully saturated rings. The molecule has 0 saturated carbocycles. The summed E-state index contributed by atoms with van der Waals surface area (Å²) in [6.45, 7) is 2.08. The van der Waals surface area contributed by atoms with Gasteiger partial charge in [0, 0.05) is 6.16 Å². The second kappa shape index (κ2) is 6.18. The molecule has 1 heterocycles. The minimum Gasteiger partial charge on any atom is -0.220 e. The maximum absolute atomic E-state index is 6.12. The van der Waals surface area contributed by atoms with Gasteiger partial charge in [0.15, 0.2) is 7.58 Å². The van der Waals surface area contributed by atoms with E-state index in [1.165, 1.54) is 3.96 Å². The lowest BCUT2D eigenvalue weighted by Gasteiger charge is -2.37. The molecule has 0 aromatic heterocycles. The van der Waals surface area contributed by atoms with Gasteiger partial charge in [-0.2, -0.15) is 0 Å². The molecule has 0 aromatic rings. The van der Waals surface area contributed by atoms with Gasteiger partial charge >= 0.3 is 0 Å². The summed E-state index contributed by atoms with van der Waals surface area (Å²) in [5.74, 6) is 0. The Morgan fingerprint density at radius 3 is 2.50 bits per heavy atom. The molecular formula is C3H7Cl4IN3P3. The average molecular weight is 447 g/mol. The third kappa shape index (κ3) is 3.22. The normalized spacial score (nSPS) is 41.0. The molecule has 1 rings (SSSR count). The molecule has 3 unspecified atom stereocenters. The van der Waals surface area contributed by atoms with E-state index in [9.17, 15) is 0 Å². The molecular weight excluding hydrogens is 440 g/mol. The van der Waals surface area contributed by atoms with Gasteiger partial charge in [-0.25, -0.2) is 4.52 Å². The fourth-order valence-corrected chi connectivity index (χ4v) is 18.3. The topological polar surface area (TPSA) is 18.8 Å². The van der Waals surface area contributed by atoms with E-state index in [1.807, 2.05) is 0 Å².